The summed E-state index contributed by atoms with van der Waals surface area (Å²) in [6.45, 7) is 0.365. The van der Waals surface area contributed by atoms with E-state index in [-0.39, 0.29) is 24.1 Å². The van der Waals surface area contributed by atoms with Crippen LogP contribution in [0, 0.1) is 0 Å². The Bertz CT molecular complexity index is 238. The molecule has 0 amide bonds. The smallest absolute Gasteiger partial charge is 0.212 e. The highest BCUT2D eigenvalue weighted by Crippen LogP contribution is 1.81. The van der Waals surface area contributed by atoms with Gasteiger partial charge in [-0.25, -0.2) is 0 Å². The molecule has 12 heavy (non-hydrogen) atoms. The molecule has 0 radical (unpaired) electrons. The van der Waals surface area contributed by atoms with Crippen LogP contribution in [0.15, 0.2) is 30.6 Å². The second-order valence-electron chi connectivity index (χ2n) is 2.22. The fourth-order valence-electron chi connectivity index (χ4n) is 0.786. The van der Waals surface area contributed by atoms with Crippen molar-refractivity contribution in [2.45, 2.75) is 6.54 Å². The highest BCUT2D eigenvalue weighted by Gasteiger charge is 2.05. The Balaban J connectivity index is 0.00000121. The lowest BCUT2D eigenvalue weighted by atomic mass is 10.4. The van der Waals surface area contributed by atoms with Crippen molar-refractivity contribution in [1.29, 1.82) is 0 Å². The van der Waals surface area contributed by atoms with Crippen LogP contribution < -0.4 is 17.0 Å². The molecule has 0 aliphatic carbocycles. The monoisotopic (exact) mass is 205 g/mol. The summed E-state index contributed by atoms with van der Waals surface area (Å²) in [4.78, 5) is 10.8. The quantitative estimate of drug-likeness (QED) is 0.405. The van der Waals surface area contributed by atoms with Crippen molar-refractivity contribution in [2.75, 3.05) is 5.88 Å². The molecule has 1 aromatic rings. The maximum atomic E-state index is 10.8. The van der Waals surface area contributed by atoms with Crippen LogP contribution in [0.1, 0.15) is 0 Å². The van der Waals surface area contributed by atoms with Crippen LogP contribution in [0.2, 0.25) is 0 Å². The molecule has 1 aromatic heterocycles. The molecular weight excluding hydrogens is 197 g/mol. The van der Waals surface area contributed by atoms with Crippen LogP contribution in [-0.2, 0) is 11.3 Å². The number of hydrogen-bond donors (Lipinski definition) is 0. The van der Waals surface area contributed by atoms with Crippen LogP contribution in [0.3, 0.4) is 0 Å². The van der Waals surface area contributed by atoms with E-state index >= 15 is 0 Å². The summed E-state index contributed by atoms with van der Waals surface area (Å²) in [5, 5.41) is 0. The van der Waals surface area contributed by atoms with Gasteiger partial charge < -0.3 is 12.4 Å². The van der Waals surface area contributed by atoms with E-state index in [4.69, 9.17) is 11.6 Å². The zero-order valence-corrected chi connectivity index (χ0v) is 7.92. The van der Waals surface area contributed by atoms with E-state index in [9.17, 15) is 4.79 Å². The third kappa shape index (κ3) is 3.69. The van der Waals surface area contributed by atoms with E-state index in [1.54, 1.807) is 4.57 Å². The lowest BCUT2D eigenvalue weighted by Crippen LogP contribution is -3.00. The molecule has 0 spiro atoms. The Morgan fingerprint density at radius 3 is 2.33 bits per heavy atom. The third-order valence-corrected chi connectivity index (χ3v) is 1.58. The molecule has 1 rings (SSSR count). The maximum absolute atomic E-state index is 10.8. The first-order valence-electron chi connectivity index (χ1n) is 3.34. The molecule has 0 aromatic carbocycles. The van der Waals surface area contributed by atoms with Crippen LogP contribution in [0.4, 0.5) is 0 Å². The zero-order valence-electron chi connectivity index (χ0n) is 6.41. The molecular formula is C8H9Cl2NO. The lowest BCUT2D eigenvalue weighted by Gasteiger charge is -1.90. The SMILES string of the molecule is O=C(CCl)C[n+]1ccccc1.[Cl-]. The fourth-order valence-corrected chi connectivity index (χ4v) is 0.870. The van der Waals surface area contributed by atoms with Crippen molar-refractivity contribution in [3.63, 3.8) is 0 Å². The van der Waals surface area contributed by atoms with Gasteiger partial charge >= 0.3 is 0 Å². The lowest BCUT2D eigenvalue weighted by molar-refractivity contribution is -0.684. The number of ketones is 1. The first-order chi connectivity index (χ1) is 5.33. The average molecular weight is 206 g/mol. The summed E-state index contributed by atoms with van der Waals surface area (Å²) in [5.74, 6) is 0.116. The molecule has 4 heteroatoms. The molecule has 0 saturated carbocycles. The minimum absolute atomic E-state index is 0. The topological polar surface area (TPSA) is 20.9 Å². The highest BCUT2D eigenvalue weighted by atomic mass is 35.5. The molecule has 0 unspecified atom stereocenters. The van der Waals surface area contributed by atoms with Gasteiger partial charge in [0, 0.05) is 12.1 Å². The third-order valence-electron chi connectivity index (χ3n) is 1.29. The van der Waals surface area contributed by atoms with Crippen LogP contribution >= 0.6 is 11.6 Å². The Kier molecular flexibility index (Phi) is 5.68. The van der Waals surface area contributed by atoms with E-state index in [2.05, 4.69) is 0 Å². The molecule has 0 atom stereocenters. The zero-order chi connectivity index (χ0) is 8.10. The van der Waals surface area contributed by atoms with Gasteiger partial charge in [0.1, 0.15) is 0 Å². The standard InChI is InChI=1S/C8H9ClNO.ClH/c9-6-8(11)7-10-4-2-1-3-5-10;/h1-5H,6-7H2;1H/q+1;/p-1. The number of aromatic nitrogens is 1. The van der Waals surface area contributed by atoms with Crippen molar-refractivity contribution < 1.29 is 21.8 Å². The molecule has 1 heterocycles. The minimum atomic E-state index is 0. The van der Waals surface area contributed by atoms with Crippen molar-refractivity contribution in [3.05, 3.63) is 30.6 Å². The highest BCUT2D eigenvalue weighted by molar-refractivity contribution is 6.27. The van der Waals surface area contributed by atoms with E-state index in [0.717, 1.165) is 0 Å². The van der Waals surface area contributed by atoms with Gasteiger partial charge in [-0.05, 0) is 0 Å². The fraction of sp³-hybridized carbons (Fsp3) is 0.250. The van der Waals surface area contributed by atoms with Gasteiger partial charge in [0.2, 0.25) is 12.3 Å². The largest absolute Gasteiger partial charge is 1.00 e. The number of rotatable bonds is 3. The molecule has 66 valence electrons. The van der Waals surface area contributed by atoms with E-state index < -0.39 is 0 Å². The molecule has 2 nitrogen and oxygen atoms in total. The number of hydrogen-bond acceptors (Lipinski definition) is 1. The summed E-state index contributed by atoms with van der Waals surface area (Å²) in [7, 11) is 0. The summed E-state index contributed by atoms with van der Waals surface area (Å²) in [6, 6.07) is 5.66. The minimum Gasteiger partial charge on any atom is -1.00 e. The van der Waals surface area contributed by atoms with Crippen LogP contribution in [-0.4, -0.2) is 11.7 Å². The van der Waals surface area contributed by atoms with E-state index in [1.165, 1.54) is 0 Å². The summed E-state index contributed by atoms with van der Waals surface area (Å²) >= 11 is 5.34. The van der Waals surface area contributed by atoms with Gasteiger partial charge in [0.15, 0.2) is 12.4 Å². The van der Waals surface area contributed by atoms with Crippen molar-refractivity contribution in [1.82, 2.24) is 0 Å². The first kappa shape index (κ1) is 11.4. The van der Waals surface area contributed by atoms with Crippen molar-refractivity contribution in [3.8, 4) is 0 Å². The second kappa shape index (κ2) is 5.98. The van der Waals surface area contributed by atoms with Crippen molar-refractivity contribution >= 4 is 17.4 Å². The molecule has 0 fully saturated rings. The van der Waals surface area contributed by atoms with Gasteiger partial charge in [-0.3, -0.25) is 4.79 Å². The maximum Gasteiger partial charge on any atom is 0.212 e. The average Bonchev–Trinajstić information content (AvgIpc) is 2.06. The predicted molar refractivity (Wildman–Crippen MR) is 42.4 cm³/mol. The summed E-state index contributed by atoms with van der Waals surface area (Å²) in [5.41, 5.74) is 0. The Labute approximate surface area is 82.6 Å². The number of carbonyl (C=O) groups is 1. The Morgan fingerprint density at radius 1 is 1.25 bits per heavy atom. The number of nitrogens with zero attached hydrogens (tertiary/aromatic N) is 1. The van der Waals surface area contributed by atoms with E-state index in [1.807, 2.05) is 30.6 Å². The van der Waals surface area contributed by atoms with Gasteiger partial charge in [0.25, 0.3) is 0 Å². The number of pyridine rings is 1. The number of carbonyl (C=O) groups excluding carboxylic acids is 1. The van der Waals surface area contributed by atoms with Gasteiger partial charge in [-0.1, -0.05) is 6.07 Å². The molecule has 0 saturated heterocycles. The predicted octanol–water partition coefficient (Wildman–Crippen LogP) is -2.21. The Hall–Kier alpha value is -0.600. The normalized spacial score (nSPS) is 8.75. The van der Waals surface area contributed by atoms with Gasteiger partial charge in [0.05, 0.1) is 5.88 Å². The molecule has 0 aliphatic rings. The molecule has 0 aliphatic heterocycles. The number of Topliss-reactive ketones (excluding diaryl/α,β-unsaturated/α-hetero) is 1. The number of alkyl halides is 1. The van der Waals surface area contributed by atoms with Crippen molar-refractivity contribution in [2.24, 2.45) is 0 Å². The van der Waals surface area contributed by atoms with Gasteiger partial charge in [-0.15, -0.1) is 11.6 Å². The van der Waals surface area contributed by atoms with Crippen LogP contribution in [0.5, 0.6) is 0 Å². The molecule has 0 N–H and O–H groups in total. The van der Waals surface area contributed by atoms with Gasteiger partial charge in [-0.2, -0.15) is 4.57 Å². The van der Waals surface area contributed by atoms with E-state index in [0.29, 0.717) is 6.54 Å². The molecule has 0 bridgehead atoms. The summed E-state index contributed by atoms with van der Waals surface area (Å²) in [6.07, 6.45) is 3.68. The summed E-state index contributed by atoms with van der Waals surface area (Å²) < 4.78 is 1.80. The van der Waals surface area contributed by atoms with Crippen LogP contribution in [0.25, 0.3) is 0 Å². The first-order valence-corrected chi connectivity index (χ1v) is 3.88. The number of halogens is 2. The second-order valence-corrected chi connectivity index (χ2v) is 2.49. The Morgan fingerprint density at radius 2 is 1.83 bits per heavy atom.